The molecule has 32 heavy (non-hydrogen) atoms. The highest BCUT2D eigenvalue weighted by Gasteiger charge is 2.39. The van der Waals surface area contributed by atoms with Crippen LogP contribution in [0.2, 0.25) is 0 Å². The number of aryl methyl sites for hydroxylation is 2. The number of carbonyl (C=O) groups excluding carboxylic acids is 1. The van der Waals surface area contributed by atoms with E-state index >= 15 is 0 Å². The van der Waals surface area contributed by atoms with Crippen LogP contribution in [-0.2, 0) is 25.8 Å². The number of nitrogens with one attached hydrogen (secondary N) is 1. The number of rotatable bonds is 3. The molecule has 0 saturated carbocycles. The van der Waals surface area contributed by atoms with Gasteiger partial charge in [-0.05, 0) is 31.9 Å². The molecule has 170 valence electrons. The highest BCUT2D eigenvalue weighted by molar-refractivity contribution is 5.94. The van der Waals surface area contributed by atoms with E-state index in [-0.39, 0.29) is 16.9 Å². The number of hydrogen-bond donors (Lipinski definition) is 1. The summed E-state index contributed by atoms with van der Waals surface area (Å²) in [6.45, 7) is 1.17. The third kappa shape index (κ3) is 3.82. The van der Waals surface area contributed by atoms with Crippen LogP contribution in [-0.4, -0.2) is 30.5 Å². The van der Waals surface area contributed by atoms with Crippen molar-refractivity contribution in [3.63, 3.8) is 0 Å². The first-order valence-electron chi connectivity index (χ1n) is 9.40. The zero-order valence-corrected chi connectivity index (χ0v) is 16.7. The van der Waals surface area contributed by atoms with Gasteiger partial charge >= 0.3 is 12.4 Å². The normalized spacial score (nSPS) is 16.3. The molecule has 3 aromatic heterocycles. The van der Waals surface area contributed by atoms with Crippen LogP contribution in [0.25, 0.3) is 5.69 Å². The van der Waals surface area contributed by atoms with Gasteiger partial charge in [0.25, 0.3) is 5.91 Å². The first-order chi connectivity index (χ1) is 14.9. The topological polar surface area (TPSA) is 77.6 Å². The van der Waals surface area contributed by atoms with Crippen LogP contribution in [0.15, 0.2) is 24.5 Å². The lowest BCUT2D eigenvalue weighted by Gasteiger charge is -2.14. The summed E-state index contributed by atoms with van der Waals surface area (Å²) in [4.78, 5) is 16.0. The maximum atomic E-state index is 13.1. The maximum absolute atomic E-state index is 13.1. The van der Waals surface area contributed by atoms with Crippen molar-refractivity contribution < 1.29 is 31.1 Å². The molecule has 7 nitrogen and oxygen atoms in total. The van der Waals surface area contributed by atoms with Crippen LogP contribution in [0.5, 0.6) is 0 Å². The minimum Gasteiger partial charge on any atom is -0.344 e. The molecule has 3 heterocycles. The monoisotopic (exact) mass is 458 g/mol. The largest absolute Gasteiger partial charge is 0.435 e. The van der Waals surface area contributed by atoms with Crippen molar-refractivity contribution in [3.8, 4) is 5.69 Å². The zero-order valence-electron chi connectivity index (χ0n) is 16.7. The third-order valence-corrected chi connectivity index (χ3v) is 5.24. The molecule has 4 rings (SSSR count). The highest BCUT2D eigenvalue weighted by atomic mass is 19.4. The molecule has 13 heteroatoms. The van der Waals surface area contributed by atoms with Gasteiger partial charge in [-0.1, -0.05) is 0 Å². The smallest absolute Gasteiger partial charge is 0.344 e. The number of nitrogens with zero attached hydrogens (tertiary/aromatic N) is 5. The molecular formula is C19H16F6N6O. The Morgan fingerprint density at radius 3 is 2.50 bits per heavy atom. The predicted molar refractivity (Wildman–Crippen MR) is 97.8 cm³/mol. The van der Waals surface area contributed by atoms with Crippen LogP contribution in [0.3, 0.4) is 0 Å². The van der Waals surface area contributed by atoms with E-state index in [9.17, 15) is 31.1 Å². The minimum absolute atomic E-state index is 0.143. The Hall–Kier alpha value is -3.38. The number of carbonyl (C=O) groups is 1. The van der Waals surface area contributed by atoms with Crippen LogP contribution in [0, 0.1) is 6.92 Å². The van der Waals surface area contributed by atoms with Crippen molar-refractivity contribution in [3.05, 3.63) is 58.4 Å². The lowest BCUT2D eigenvalue weighted by atomic mass is 10.1. The van der Waals surface area contributed by atoms with Crippen LogP contribution in [0.4, 0.5) is 26.3 Å². The zero-order chi connectivity index (χ0) is 23.4. The van der Waals surface area contributed by atoms with Gasteiger partial charge in [0, 0.05) is 30.6 Å². The predicted octanol–water partition coefficient (Wildman–Crippen LogP) is 3.76. The first-order valence-corrected chi connectivity index (χ1v) is 9.40. The average Bonchev–Trinajstić information content (AvgIpc) is 3.35. The standard InChI is InChI=1S/C19H16F6N6O/c1-9-15(30(2)29-16(9)19(23,24)25)17(32)27-12-3-4-13-11(12)8-31(28-13)10-5-6-26-14(7-10)18(20,21)22/h5-8,12H,3-4H2,1-2H3,(H,27,32). The average molecular weight is 458 g/mol. The summed E-state index contributed by atoms with van der Waals surface area (Å²) >= 11 is 0. The maximum Gasteiger partial charge on any atom is 0.435 e. The van der Waals surface area contributed by atoms with Crippen molar-refractivity contribution in [1.82, 2.24) is 29.9 Å². The van der Waals surface area contributed by atoms with E-state index in [1.54, 1.807) is 0 Å². The van der Waals surface area contributed by atoms with Crippen molar-refractivity contribution in [1.29, 1.82) is 0 Å². The second kappa shape index (κ2) is 7.35. The van der Waals surface area contributed by atoms with Crippen molar-refractivity contribution >= 4 is 5.91 Å². The minimum atomic E-state index is -4.69. The van der Waals surface area contributed by atoms with Crippen molar-refractivity contribution in [2.75, 3.05) is 0 Å². The van der Waals surface area contributed by atoms with Crippen LogP contribution in [0.1, 0.15) is 51.2 Å². The number of fused-ring (bicyclic) bond motifs is 1. The molecule has 0 aliphatic heterocycles. The van der Waals surface area contributed by atoms with Crippen LogP contribution < -0.4 is 5.32 Å². The Morgan fingerprint density at radius 2 is 1.88 bits per heavy atom. The molecule has 0 radical (unpaired) electrons. The molecule has 1 N–H and O–H groups in total. The van der Waals surface area contributed by atoms with Gasteiger partial charge < -0.3 is 5.32 Å². The van der Waals surface area contributed by atoms with Gasteiger partial charge in [-0.25, -0.2) is 4.68 Å². The summed E-state index contributed by atoms with van der Waals surface area (Å²) in [6.07, 6.45) is -5.88. The Labute approximate surface area is 177 Å². The van der Waals surface area contributed by atoms with Crippen molar-refractivity contribution in [2.45, 2.75) is 38.2 Å². The molecule has 0 spiro atoms. The summed E-state index contributed by atoms with van der Waals surface area (Å²) in [7, 11) is 1.25. The molecule has 1 unspecified atom stereocenters. The number of amides is 1. The van der Waals surface area contributed by atoms with E-state index in [1.165, 1.54) is 30.9 Å². The SMILES string of the molecule is Cc1c(C(F)(F)F)nn(C)c1C(=O)NC1CCc2nn(-c3ccnc(C(F)(F)F)c3)cc21. The van der Waals surface area contributed by atoms with Gasteiger partial charge in [0.05, 0.1) is 17.4 Å². The highest BCUT2D eigenvalue weighted by Crippen LogP contribution is 2.34. The Balaban J connectivity index is 1.59. The van der Waals surface area contributed by atoms with Gasteiger partial charge in [0.2, 0.25) is 0 Å². The molecule has 3 aromatic rings. The molecule has 1 aliphatic carbocycles. The van der Waals surface area contributed by atoms with Crippen LogP contribution >= 0.6 is 0 Å². The number of hydrogen-bond acceptors (Lipinski definition) is 4. The fourth-order valence-electron chi connectivity index (χ4n) is 3.79. The number of alkyl halides is 6. The number of aromatic nitrogens is 5. The fourth-order valence-corrected chi connectivity index (χ4v) is 3.79. The third-order valence-electron chi connectivity index (χ3n) is 5.24. The van der Waals surface area contributed by atoms with E-state index in [1.807, 2.05) is 0 Å². The Morgan fingerprint density at radius 1 is 1.16 bits per heavy atom. The summed E-state index contributed by atoms with van der Waals surface area (Å²) < 4.78 is 80.2. The molecule has 0 saturated heterocycles. The second-order valence-electron chi connectivity index (χ2n) is 7.38. The molecule has 1 aliphatic rings. The molecule has 1 atom stereocenters. The Kier molecular flexibility index (Phi) is 5.01. The first kappa shape index (κ1) is 21.8. The summed E-state index contributed by atoms with van der Waals surface area (Å²) in [5.74, 6) is -0.734. The quantitative estimate of drug-likeness (QED) is 0.607. The molecule has 1 amide bonds. The molecule has 0 fully saturated rings. The lowest BCUT2D eigenvalue weighted by Crippen LogP contribution is -2.29. The molecule has 0 aromatic carbocycles. The van der Waals surface area contributed by atoms with Gasteiger partial charge in [-0.15, -0.1) is 0 Å². The number of pyridine rings is 1. The van der Waals surface area contributed by atoms with E-state index in [2.05, 4.69) is 20.5 Å². The second-order valence-corrected chi connectivity index (χ2v) is 7.38. The summed E-state index contributed by atoms with van der Waals surface area (Å²) in [5.41, 5.74) is -1.40. The number of halogens is 6. The molecule has 0 bridgehead atoms. The van der Waals surface area contributed by atoms with Gasteiger partial charge in [0.15, 0.2) is 5.69 Å². The van der Waals surface area contributed by atoms with Gasteiger partial charge in [0.1, 0.15) is 11.4 Å². The van der Waals surface area contributed by atoms with E-state index < -0.39 is 35.7 Å². The van der Waals surface area contributed by atoms with Gasteiger partial charge in [-0.2, -0.15) is 36.5 Å². The van der Waals surface area contributed by atoms with Gasteiger partial charge in [-0.3, -0.25) is 14.5 Å². The van der Waals surface area contributed by atoms with E-state index in [0.717, 1.165) is 16.9 Å². The van der Waals surface area contributed by atoms with E-state index in [0.29, 0.717) is 24.1 Å². The van der Waals surface area contributed by atoms with Crippen molar-refractivity contribution in [2.24, 2.45) is 7.05 Å². The Bertz CT molecular complexity index is 1190. The van der Waals surface area contributed by atoms with E-state index in [4.69, 9.17) is 0 Å². The summed E-state index contributed by atoms with van der Waals surface area (Å²) in [5, 5.41) is 10.4. The lowest BCUT2D eigenvalue weighted by molar-refractivity contribution is -0.142. The summed E-state index contributed by atoms with van der Waals surface area (Å²) in [6, 6.07) is 1.66. The molecular weight excluding hydrogens is 442 g/mol. The fraction of sp³-hybridized carbons (Fsp3) is 0.368.